The minimum Gasteiger partial charge on any atom is -0.346 e. The van der Waals surface area contributed by atoms with Crippen molar-refractivity contribution in [2.45, 2.75) is 17.5 Å². The molecule has 0 saturated carbocycles. The Hall–Kier alpha value is -2.46. The standard InChI is InChI=1S/C19H14Cl2N6OS2/c20-12-7-13(21)9-14(8-12)27-16(11-30-19-22-4-2-5-23-19)17(25-26-27)18(28)24-10-15-3-1-6-29-15/h1-9H,10-11H2,(H,24,28). The molecule has 0 unspecified atom stereocenters. The van der Waals surface area contributed by atoms with Crippen molar-refractivity contribution in [2.75, 3.05) is 0 Å². The first-order valence-corrected chi connectivity index (χ1v) is 11.3. The minimum absolute atomic E-state index is 0.228. The number of carbonyl (C=O) groups is 1. The molecule has 0 aliphatic rings. The molecule has 1 aromatic carbocycles. The normalized spacial score (nSPS) is 10.9. The summed E-state index contributed by atoms with van der Waals surface area (Å²) in [5.74, 6) is 0.0652. The molecular weight excluding hydrogens is 463 g/mol. The van der Waals surface area contributed by atoms with Gasteiger partial charge in [0.25, 0.3) is 5.91 Å². The van der Waals surface area contributed by atoms with Gasteiger partial charge in [-0.15, -0.1) is 16.4 Å². The molecule has 4 rings (SSSR count). The van der Waals surface area contributed by atoms with Gasteiger partial charge in [-0.2, -0.15) is 0 Å². The van der Waals surface area contributed by atoms with Crippen molar-refractivity contribution in [1.29, 1.82) is 0 Å². The van der Waals surface area contributed by atoms with Crippen molar-refractivity contribution < 1.29 is 4.79 Å². The molecule has 4 aromatic rings. The molecule has 0 radical (unpaired) electrons. The quantitative estimate of drug-likeness (QED) is 0.308. The third-order valence-electron chi connectivity index (χ3n) is 3.95. The van der Waals surface area contributed by atoms with Crippen LogP contribution in [0.15, 0.2) is 59.3 Å². The zero-order valence-electron chi connectivity index (χ0n) is 15.3. The molecule has 11 heteroatoms. The second kappa shape index (κ2) is 9.57. The fourth-order valence-electron chi connectivity index (χ4n) is 2.63. The average Bonchev–Trinajstić information content (AvgIpc) is 3.40. The van der Waals surface area contributed by atoms with Gasteiger partial charge >= 0.3 is 0 Å². The summed E-state index contributed by atoms with van der Waals surface area (Å²) in [5.41, 5.74) is 1.43. The number of thiophene rings is 1. The largest absolute Gasteiger partial charge is 0.346 e. The van der Waals surface area contributed by atoms with Crippen molar-refractivity contribution in [3.05, 3.63) is 80.5 Å². The van der Waals surface area contributed by atoms with E-state index in [9.17, 15) is 4.79 Å². The van der Waals surface area contributed by atoms with E-state index in [2.05, 4.69) is 25.6 Å². The van der Waals surface area contributed by atoms with Crippen LogP contribution in [0.3, 0.4) is 0 Å². The Kier molecular flexibility index (Phi) is 6.63. The first-order chi connectivity index (χ1) is 14.6. The number of nitrogens with zero attached hydrogens (tertiary/aromatic N) is 5. The molecule has 7 nitrogen and oxygen atoms in total. The number of hydrogen-bond donors (Lipinski definition) is 1. The van der Waals surface area contributed by atoms with Gasteiger partial charge in [-0.3, -0.25) is 4.79 Å². The molecule has 30 heavy (non-hydrogen) atoms. The summed E-state index contributed by atoms with van der Waals surface area (Å²) in [7, 11) is 0. The zero-order chi connectivity index (χ0) is 20.9. The van der Waals surface area contributed by atoms with Crippen LogP contribution in [0.2, 0.25) is 10.0 Å². The van der Waals surface area contributed by atoms with E-state index in [4.69, 9.17) is 23.2 Å². The number of aromatic nitrogens is 5. The minimum atomic E-state index is -0.313. The van der Waals surface area contributed by atoms with Crippen LogP contribution in [0.25, 0.3) is 5.69 Å². The summed E-state index contributed by atoms with van der Waals surface area (Å²) in [6.07, 6.45) is 3.33. The van der Waals surface area contributed by atoms with Crippen LogP contribution in [-0.4, -0.2) is 30.9 Å². The summed E-state index contributed by atoms with van der Waals surface area (Å²) in [6, 6.07) is 10.7. The monoisotopic (exact) mass is 476 g/mol. The Morgan fingerprint density at radius 3 is 2.60 bits per heavy atom. The summed E-state index contributed by atoms with van der Waals surface area (Å²) < 4.78 is 1.56. The first-order valence-electron chi connectivity index (χ1n) is 8.71. The molecule has 0 aliphatic carbocycles. The van der Waals surface area contributed by atoms with E-state index >= 15 is 0 Å². The fourth-order valence-corrected chi connectivity index (χ4v) is 4.59. The van der Waals surface area contributed by atoms with Gasteiger partial charge in [0, 0.05) is 33.1 Å². The number of carbonyl (C=O) groups excluding carboxylic acids is 1. The van der Waals surface area contributed by atoms with Crippen molar-refractivity contribution in [3.63, 3.8) is 0 Å². The molecule has 0 bridgehead atoms. The molecule has 3 heterocycles. The van der Waals surface area contributed by atoms with Crippen LogP contribution in [0.4, 0.5) is 0 Å². The molecule has 0 spiro atoms. The van der Waals surface area contributed by atoms with E-state index in [0.29, 0.717) is 38.9 Å². The van der Waals surface area contributed by atoms with Crippen LogP contribution in [-0.2, 0) is 12.3 Å². The zero-order valence-corrected chi connectivity index (χ0v) is 18.5. The maximum Gasteiger partial charge on any atom is 0.274 e. The highest BCUT2D eigenvalue weighted by molar-refractivity contribution is 7.98. The van der Waals surface area contributed by atoms with Gasteiger partial charge in [-0.1, -0.05) is 46.2 Å². The van der Waals surface area contributed by atoms with Crippen LogP contribution >= 0.6 is 46.3 Å². The molecule has 3 aromatic heterocycles. The van der Waals surface area contributed by atoms with Gasteiger partial charge < -0.3 is 5.32 Å². The Morgan fingerprint density at radius 2 is 1.90 bits per heavy atom. The van der Waals surface area contributed by atoms with E-state index in [1.165, 1.54) is 11.8 Å². The maximum absolute atomic E-state index is 12.8. The van der Waals surface area contributed by atoms with Crippen LogP contribution in [0.1, 0.15) is 21.1 Å². The first kappa shape index (κ1) is 20.8. The molecule has 0 aliphatic heterocycles. The predicted molar refractivity (Wildman–Crippen MR) is 118 cm³/mol. The number of benzene rings is 1. The molecule has 152 valence electrons. The van der Waals surface area contributed by atoms with Gasteiger partial charge in [0.15, 0.2) is 10.9 Å². The molecule has 1 N–H and O–H groups in total. The maximum atomic E-state index is 12.8. The summed E-state index contributed by atoms with van der Waals surface area (Å²) in [5, 5.41) is 14.7. The Morgan fingerprint density at radius 1 is 1.13 bits per heavy atom. The van der Waals surface area contributed by atoms with Crippen molar-refractivity contribution in [1.82, 2.24) is 30.3 Å². The van der Waals surface area contributed by atoms with E-state index in [1.807, 2.05) is 17.5 Å². The third-order valence-corrected chi connectivity index (χ3v) is 6.15. The highest BCUT2D eigenvalue weighted by Gasteiger charge is 2.21. The molecule has 0 atom stereocenters. The van der Waals surface area contributed by atoms with E-state index in [0.717, 1.165) is 4.88 Å². The van der Waals surface area contributed by atoms with Crippen molar-refractivity contribution in [2.24, 2.45) is 0 Å². The average molecular weight is 477 g/mol. The number of thioether (sulfide) groups is 1. The SMILES string of the molecule is O=C(NCc1cccs1)c1nnn(-c2cc(Cl)cc(Cl)c2)c1CSc1ncccn1. The van der Waals surface area contributed by atoms with E-state index in [-0.39, 0.29) is 11.6 Å². The van der Waals surface area contributed by atoms with Crippen LogP contribution < -0.4 is 5.32 Å². The Bertz CT molecular complexity index is 1130. The van der Waals surface area contributed by atoms with Gasteiger partial charge in [0.05, 0.1) is 17.9 Å². The fraction of sp³-hybridized carbons (Fsp3) is 0.105. The van der Waals surface area contributed by atoms with Gasteiger partial charge in [0.2, 0.25) is 0 Å². The summed E-state index contributed by atoms with van der Waals surface area (Å²) in [6.45, 7) is 0.417. The molecule has 0 saturated heterocycles. The second-order valence-corrected chi connectivity index (χ2v) is 8.85. The molecule has 1 amide bonds. The number of halogens is 2. The number of rotatable bonds is 7. The van der Waals surface area contributed by atoms with Crippen molar-refractivity contribution in [3.8, 4) is 5.69 Å². The van der Waals surface area contributed by atoms with Gasteiger partial charge in [0.1, 0.15) is 0 Å². The smallest absolute Gasteiger partial charge is 0.274 e. The number of hydrogen-bond acceptors (Lipinski definition) is 7. The number of nitrogens with one attached hydrogen (secondary N) is 1. The van der Waals surface area contributed by atoms with Crippen molar-refractivity contribution >= 4 is 52.2 Å². The highest BCUT2D eigenvalue weighted by Crippen LogP contribution is 2.26. The van der Waals surface area contributed by atoms with E-state index < -0.39 is 0 Å². The summed E-state index contributed by atoms with van der Waals surface area (Å²) >= 11 is 15.3. The lowest BCUT2D eigenvalue weighted by Gasteiger charge is -2.09. The lowest BCUT2D eigenvalue weighted by atomic mass is 10.2. The number of amides is 1. The Labute approximate surface area is 190 Å². The van der Waals surface area contributed by atoms with Gasteiger partial charge in [-0.05, 0) is 35.7 Å². The van der Waals surface area contributed by atoms with Crippen LogP contribution in [0.5, 0.6) is 0 Å². The lowest BCUT2D eigenvalue weighted by molar-refractivity contribution is 0.0945. The third kappa shape index (κ3) is 4.99. The predicted octanol–water partition coefficient (Wildman–Crippen LogP) is 4.65. The lowest BCUT2D eigenvalue weighted by Crippen LogP contribution is -2.24. The Balaban J connectivity index is 1.64. The summed E-state index contributed by atoms with van der Waals surface area (Å²) in [4.78, 5) is 22.3. The molecular formula is C19H14Cl2N6OS2. The molecule has 0 fully saturated rings. The topological polar surface area (TPSA) is 85.6 Å². The van der Waals surface area contributed by atoms with Crippen LogP contribution in [0, 0.1) is 0 Å². The highest BCUT2D eigenvalue weighted by atomic mass is 35.5. The van der Waals surface area contributed by atoms with E-state index in [1.54, 1.807) is 52.7 Å². The second-order valence-electron chi connectivity index (χ2n) is 6.01. The van der Waals surface area contributed by atoms with Gasteiger partial charge in [-0.25, -0.2) is 14.6 Å².